The Hall–Kier alpha value is -2.40. The molecule has 0 heterocycles. The van der Waals surface area contributed by atoms with E-state index in [9.17, 15) is 10.2 Å². The topological polar surface area (TPSA) is 68.2 Å². The zero-order chi connectivity index (χ0) is 19.3. The predicted octanol–water partition coefficient (Wildman–Crippen LogP) is 3.81. The normalized spacial score (nSPS) is 14.4. The number of hydrogen-bond donors (Lipinski definition) is 2. The van der Waals surface area contributed by atoms with E-state index >= 15 is 0 Å². The minimum absolute atomic E-state index is 0.00791. The maximum atomic E-state index is 9.93. The van der Waals surface area contributed by atoms with Gasteiger partial charge in [-0.3, -0.25) is 0 Å². The first-order chi connectivity index (χ1) is 12.5. The number of ether oxygens (including phenoxy) is 3. The van der Waals surface area contributed by atoms with Gasteiger partial charge in [-0.2, -0.15) is 0 Å². The van der Waals surface area contributed by atoms with Crippen LogP contribution in [0.25, 0.3) is 0 Å². The highest BCUT2D eigenvalue weighted by molar-refractivity contribution is 5.49. The minimum atomic E-state index is -0.00791. The van der Waals surface area contributed by atoms with Crippen LogP contribution in [0.5, 0.6) is 23.0 Å². The number of methoxy groups -OCH3 is 3. The van der Waals surface area contributed by atoms with Crippen molar-refractivity contribution in [2.75, 3.05) is 27.9 Å². The molecule has 0 aliphatic rings. The summed E-state index contributed by atoms with van der Waals surface area (Å²) in [5.41, 5.74) is 2.04. The zero-order valence-corrected chi connectivity index (χ0v) is 16.0. The average Bonchev–Trinajstić information content (AvgIpc) is 2.68. The molecular formula is C21H28O5. The van der Waals surface area contributed by atoms with Crippen LogP contribution >= 0.6 is 0 Å². The number of benzene rings is 2. The molecule has 142 valence electrons. The molecule has 0 unspecified atom stereocenters. The summed E-state index contributed by atoms with van der Waals surface area (Å²) in [7, 11) is 4.75. The molecule has 0 aromatic heterocycles. The van der Waals surface area contributed by atoms with Crippen molar-refractivity contribution >= 4 is 0 Å². The Labute approximate surface area is 155 Å². The Bertz CT molecular complexity index is 728. The lowest BCUT2D eigenvalue weighted by Gasteiger charge is -2.29. The van der Waals surface area contributed by atoms with Crippen molar-refractivity contribution in [2.24, 2.45) is 11.8 Å². The number of aromatic hydroxyl groups is 1. The van der Waals surface area contributed by atoms with Crippen molar-refractivity contribution in [1.82, 2.24) is 0 Å². The van der Waals surface area contributed by atoms with Crippen LogP contribution < -0.4 is 14.2 Å². The lowest BCUT2D eigenvalue weighted by atomic mass is 9.76. The molecule has 2 rings (SSSR count). The highest BCUT2D eigenvalue weighted by atomic mass is 16.5. The van der Waals surface area contributed by atoms with E-state index in [-0.39, 0.29) is 30.1 Å². The first-order valence-electron chi connectivity index (χ1n) is 8.66. The molecule has 0 saturated heterocycles. The molecule has 0 aliphatic carbocycles. The second kappa shape index (κ2) is 8.81. The third kappa shape index (κ3) is 4.05. The van der Waals surface area contributed by atoms with Crippen molar-refractivity contribution < 1.29 is 24.4 Å². The second-order valence-electron chi connectivity index (χ2n) is 6.54. The van der Waals surface area contributed by atoms with Gasteiger partial charge in [-0.1, -0.05) is 26.0 Å². The number of aliphatic hydroxyl groups is 1. The molecule has 26 heavy (non-hydrogen) atoms. The fraction of sp³-hybridized carbons (Fsp3) is 0.429. The quantitative estimate of drug-likeness (QED) is 0.749. The van der Waals surface area contributed by atoms with Crippen molar-refractivity contribution in [3.8, 4) is 23.0 Å². The Morgan fingerprint density at radius 1 is 0.808 bits per heavy atom. The molecule has 0 radical (unpaired) electrons. The molecule has 3 atom stereocenters. The predicted molar refractivity (Wildman–Crippen MR) is 101 cm³/mol. The highest BCUT2D eigenvalue weighted by Crippen LogP contribution is 2.41. The van der Waals surface area contributed by atoms with Gasteiger partial charge in [0.15, 0.2) is 23.0 Å². The zero-order valence-electron chi connectivity index (χ0n) is 16.0. The Morgan fingerprint density at radius 2 is 1.35 bits per heavy atom. The van der Waals surface area contributed by atoms with E-state index in [4.69, 9.17) is 14.2 Å². The largest absolute Gasteiger partial charge is 0.504 e. The van der Waals surface area contributed by atoms with Crippen LogP contribution in [0.4, 0.5) is 0 Å². The standard InChI is InChI=1S/C21H28O5/c1-13(12-22)14(2)21(15-6-8-17(23)19(10-15)25-4)16-7-9-18(24-3)20(11-16)26-5/h6-11,13-14,21-23H,12H2,1-5H3/t13-,14-,21+/m0/s1. The van der Waals surface area contributed by atoms with Gasteiger partial charge in [0.2, 0.25) is 0 Å². The molecule has 0 aliphatic heterocycles. The molecule has 2 aromatic carbocycles. The van der Waals surface area contributed by atoms with Crippen LogP contribution in [-0.4, -0.2) is 38.1 Å². The maximum Gasteiger partial charge on any atom is 0.161 e. The fourth-order valence-corrected chi connectivity index (χ4v) is 3.23. The van der Waals surface area contributed by atoms with Gasteiger partial charge in [0.25, 0.3) is 0 Å². The summed E-state index contributed by atoms with van der Waals surface area (Å²) in [6, 6.07) is 11.2. The van der Waals surface area contributed by atoms with E-state index in [0.717, 1.165) is 11.1 Å². The first kappa shape index (κ1) is 19.9. The minimum Gasteiger partial charge on any atom is -0.504 e. The Morgan fingerprint density at radius 3 is 1.88 bits per heavy atom. The number of phenols is 1. The summed E-state index contributed by atoms with van der Waals surface area (Å²) in [4.78, 5) is 0. The van der Waals surface area contributed by atoms with Gasteiger partial charge in [0.1, 0.15) is 0 Å². The summed E-state index contributed by atoms with van der Waals surface area (Å²) in [6.45, 7) is 4.23. The SMILES string of the molecule is COc1cc([C@H](c2ccc(OC)c(OC)c2)[C@@H](C)[C@@H](C)CO)ccc1O. The fourth-order valence-electron chi connectivity index (χ4n) is 3.23. The molecule has 5 nitrogen and oxygen atoms in total. The number of aliphatic hydroxyl groups excluding tert-OH is 1. The smallest absolute Gasteiger partial charge is 0.161 e. The van der Waals surface area contributed by atoms with Crippen LogP contribution in [0.3, 0.4) is 0 Å². The Balaban J connectivity index is 2.58. The summed E-state index contributed by atoms with van der Waals surface area (Å²) >= 11 is 0. The molecule has 0 amide bonds. The Kier molecular flexibility index (Phi) is 6.75. The first-order valence-corrected chi connectivity index (χ1v) is 8.66. The van der Waals surface area contributed by atoms with E-state index in [0.29, 0.717) is 17.2 Å². The lowest BCUT2D eigenvalue weighted by Crippen LogP contribution is -2.21. The third-order valence-electron chi connectivity index (χ3n) is 5.04. The van der Waals surface area contributed by atoms with E-state index in [1.807, 2.05) is 37.3 Å². The van der Waals surface area contributed by atoms with Gasteiger partial charge in [-0.15, -0.1) is 0 Å². The number of hydrogen-bond acceptors (Lipinski definition) is 5. The molecule has 0 bridgehead atoms. The monoisotopic (exact) mass is 360 g/mol. The van der Waals surface area contributed by atoms with Crippen LogP contribution in [0.15, 0.2) is 36.4 Å². The molecule has 2 aromatic rings. The molecule has 0 saturated carbocycles. The van der Waals surface area contributed by atoms with Crippen LogP contribution in [0.2, 0.25) is 0 Å². The van der Waals surface area contributed by atoms with E-state index in [1.165, 1.54) is 7.11 Å². The van der Waals surface area contributed by atoms with Gasteiger partial charge in [0, 0.05) is 12.5 Å². The van der Waals surface area contributed by atoms with E-state index < -0.39 is 0 Å². The molecule has 2 N–H and O–H groups in total. The van der Waals surface area contributed by atoms with Crippen molar-refractivity contribution in [2.45, 2.75) is 19.8 Å². The third-order valence-corrected chi connectivity index (χ3v) is 5.04. The number of phenolic OH excluding ortho intramolecular Hbond substituents is 1. The van der Waals surface area contributed by atoms with Gasteiger partial charge >= 0.3 is 0 Å². The average molecular weight is 360 g/mol. The van der Waals surface area contributed by atoms with E-state index in [1.54, 1.807) is 20.3 Å². The molecular weight excluding hydrogens is 332 g/mol. The summed E-state index contributed by atoms with van der Waals surface area (Å²) in [6.07, 6.45) is 0. The summed E-state index contributed by atoms with van der Waals surface area (Å²) in [5.74, 6) is 2.08. The van der Waals surface area contributed by atoms with Crippen molar-refractivity contribution in [3.63, 3.8) is 0 Å². The molecule has 0 fully saturated rings. The van der Waals surface area contributed by atoms with Crippen molar-refractivity contribution in [3.05, 3.63) is 47.5 Å². The summed E-state index contributed by atoms with van der Waals surface area (Å²) < 4.78 is 16.1. The lowest BCUT2D eigenvalue weighted by molar-refractivity contribution is 0.186. The van der Waals surface area contributed by atoms with Crippen LogP contribution in [0.1, 0.15) is 30.9 Å². The van der Waals surface area contributed by atoms with Gasteiger partial charge in [-0.25, -0.2) is 0 Å². The van der Waals surface area contributed by atoms with Crippen LogP contribution in [0, 0.1) is 11.8 Å². The summed E-state index contributed by atoms with van der Waals surface area (Å²) in [5, 5.41) is 19.6. The van der Waals surface area contributed by atoms with Gasteiger partial charge in [0.05, 0.1) is 21.3 Å². The molecule has 5 heteroatoms. The van der Waals surface area contributed by atoms with Crippen molar-refractivity contribution in [1.29, 1.82) is 0 Å². The second-order valence-corrected chi connectivity index (χ2v) is 6.54. The highest BCUT2D eigenvalue weighted by Gasteiger charge is 2.27. The van der Waals surface area contributed by atoms with Gasteiger partial charge in [-0.05, 0) is 47.2 Å². The molecule has 0 spiro atoms. The number of rotatable bonds is 8. The van der Waals surface area contributed by atoms with Crippen LogP contribution in [-0.2, 0) is 0 Å². The maximum absolute atomic E-state index is 9.93. The van der Waals surface area contributed by atoms with Gasteiger partial charge < -0.3 is 24.4 Å². The van der Waals surface area contributed by atoms with E-state index in [2.05, 4.69) is 6.92 Å².